The summed E-state index contributed by atoms with van der Waals surface area (Å²) in [4.78, 5) is 24.5. The average Bonchev–Trinajstić information content (AvgIpc) is 3.04. The molecule has 0 fully saturated rings. The second-order valence-corrected chi connectivity index (χ2v) is 16.0. The molecule has 0 aromatic heterocycles. The Morgan fingerprint density at radius 1 is 0.458 bits per heavy atom. The van der Waals surface area contributed by atoms with Crippen LogP contribution < -0.4 is 10.6 Å². The maximum atomic E-state index is 12.3. The van der Waals surface area contributed by atoms with Crippen LogP contribution in [0.5, 0.6) is 0 Å². The molecule has 6 heteroatoms. The van der Waals surface area contributed by atoms with Gasteiger partial charge in [0.15, 0.2) is 0 Å². The summed E-state index contributed by atoms with van der Waals surface area (Å²) in [6.45, 7) is 10.1. The van der Waals surface area contributed by atoms with E-state index in [0.29, 0.717) is 12.8 Å². The number of nitrogens with zero attached hydrogens (tertiary/aromatic N) is 2. The zero-order chi connectivity index (χ0) is 35.4. The summed E-state index contributed by atoms with van der Waals surface area (Å²) >= 11 is 0. The smallest absolute Gasteiger partial charge is 0.219 e. The normalized spacial score (nSPS) is 12.0. The summed E-state index contributed by atoms with van der Waals surface area (Å²) in [7, 11) is 9.14. The molecule has 0 bridgehead atoms. The Balaban J connectivity index is 2.16. The predicted octanol–water partition coefficient (Wildman–Crippen LogP) is 9.69. The number of amides is 2. The minimum atomic E-state index is 0.217. The van der Waals surface area contributed by atoms with E-state index in [2.05, 4.69) is 76.9 Å². The van der Waals surface area contributed by atoms with Crippen LogP contribution in [0, 0.1) is 0 Å². The van der Waals surface area contributed by atoms with Crippen molar-refractivity contribution in [1.82, 2.24) is 10.6 Å². The van der Waals surface area contributed by atoms with Crippen LogP contribution in [-0.4, -0.2) is 75.2 Å². The molecule has 2 amide bonds. The van der Waals surface area contributed by atoms with Crippen LogP contribution in [0.25, 0.3) is 0 Å². The summed E-state index contributed by atoms with van der Waals surface area (Å²) in [6.07, 6.45) is 26.5. The van der Waals surface area contributed by atoms with Crippen molar-refractivity contribution in [3.63, 3.8) is 0 Å². The Labute approximate surface area is 298 Å². The molecule has 6 nitrogen and oxygen atoms in total. The number of hydrogen-bond acceptors (Lipinski definition) is 2. The molecule has 278 valence electrons. The van der Waals surface area contributed by atoms with Crippen molar-refractivity contribution in [2.24, 2.45) is 0 Å². The van der Waals surface area contributed by atoms with Gasteiger partial charge in [-0.05, 0) is 12.8 Å². The van der Waals surface area contributed by atoms with Crippen LogP contribution in [0.3, 0.4) is 0 Å². The van der Waals surface area contributed by atoms with Gasteiger partial charge in [-0.1, -0.05) is 141 Å². The van der Waals surface area contributed by atoms with Gasteiger partial charge in [0.2, 0.25) is 11.8 Å². The van der Waals surface area contributed by atoms with Crippen LogP contribution in [0.2, 0.25) is 0 Å². The lowest BCUT2D eigenvalue weighted by Crippen LogP contribution is -2.41. The molecule has 2 N–H and O–H groups in total. The van der Waals surface area contributed by atoms with Crippen LogP contribution >= 0.6 is 0 Å². The third-order valence-corrected chi connectivity index (χ3v) is 9.78. The first kappa shape index (κ1) is 44.1. The van der Waals surface area contributed by atoms with Gasteiger partial charge in [-0.2, -0.15) is 0 Å². The van der Waals surface area contributed by atoms with E-state index in [-0.39, 0.29) is 11.8 Å². The first-order chi connectivity index (χ1) is 23.1. The van der Waals surface area contributed by atoms with E-state index in [0.717, 1.165) is 73.9 Å². The molecule has 48 heavy (non-hydrogen) atoms. The molecule has 0 heterocycles. The van der Waals surface area contributed by atoms with Gasteiger partial charge in [0.25, 0.3) is 0 Å². The summed E-state index contributed by atoms with van der Waals surface area (Å²) in [5.74, 6) is 0.434. The van der Waals surface area contributed by atoms with Gasteiger partial charge >= 0.3 is 0 Å². The molecule has 0 radical (unpaired) electrons. The predicted molar refractivity (Wildman–Crippen MR) is 207 cm³/mol. The van der Waals surface area contributed by atoms with E-state index < -0.39 is 0 Å². The van der Waals surface area contributed by atoms with Crippen LogP contribution in [0.15, 0.2) is 24.3 Å². The molecule has 0 aliphatic rings. The van der Waals surface area contributed by atoms with Crippen molar-refractivity contribution >= 4 is 11.8 Å². The number of rotatable bonds is 32. The van der Waals surface area contributed by atoms with Crippen LogP contribution in [0.4, 0.5) is 0 Å². The molecule has 1 aromatic rings. The summed E-state index contributed by atoms with van der Waals surface area (Å²) in [5, 5.41) is 6.29. The van der Waals surface area contributed by atoms with E-state index in [9.17, 15) is 9.59 Å². The van der Waals surface area contributed by atoms with Gasteiger partial charge in [-0.3, -0.25) is 9.59 Å². The lowest BCUT2D eigenvalue weighted by atomic mass is 10.1. The first-order valence-electron chi connectivity index (χ1n) is 20.3. The fourth-order valence-electron chi connectivity index (χ4n) is 6.74. The van der Waals surface area contributed by atoms with E-state index in [1.54, 1.807) is 0 Å². The SMILES string of the molecule is CCCCCCCCCCCC(=O)NCCC[N+](C)(C)Cc1ccc(C[N+](C)(C)CCCNC(=O)CCCCCCCCCCC)cc1. The topological polar surface area (TPSA) is 58.2 Å². The third-order valence-electron chi connectivity index (χ3n) is 9.78. The number of hydrogen-bond donors (Lipinski definition) is 2. The van der Waals surface area contributed by atoms with Crippen molar-refractivity contribution in [3.05, 3.63) is 35.4 Å². The Kier molecular flexibility index (Phi) is 25.6. The molecule has 0 saturated heterocycles. The van der Waals surface area contributed by atoms with Crippen molar-refractivity contribution < 1.29 is 18.6 Å². The maximum absolute atomic E-state index is 12.3. The molecule has 0 aliphatic carbocycles. The quantitative estimate of drug-likeness (QED) is 0.0592. The largest absolute Gasteiger partial charge is 0.356 e. The van der Waals surface area contributed by atoms with Crippen LogP contribution in [-0.2, 0) is 22.7 Å². The number of benzene rings is 1. The van der Waals surface area contributed by atoms with E-state index in [4.69, 9.17) is 0 Å². The minimum Gasteiger partial charge on any atom is -0.356 e. The highest BCUT2D eigenvalue weighted by atomic mass is 16.2. The summed E-state index contributed by atoms with van der Waals surface area (Å²) < 4.78 is 1.83. The molecule has 1 aromatic carbocycles. The fourth-order valence-corrected chi connectivity index (χ4v) is 6.74. The number of carbonyl (C=O) groups is 2. The van der Waals surface area contributed by atoms with Gasteiger partial charge in [0, 0.05) is 49.9 Å². The monoisotopic (exact) mass is 673 g/mol. The van der Waals surface area contributed by atoms with Gasteiger partial charge < -0.3 is 19.6 Å². The van der Waals surface area contributed by atoms with Crippen molar-refractivity contribution in [2.75, 3.05) is 54.4 Å². The molecule has 0 saturated carbocycles. The van der Waals surface area contributed by atoms with E-state index >= 15 is 0 Å². The number of quaternary nitrogens is 2. The second-order valence-electron chi connectivity index (χ2n) is 16.0. The molecule has 0 atom stereocenters. The standard InChI is InChI=1S/C42H78N4O2/c1-7-9-11-13-15-17-19-21-23-27-41(47)43-33-25-35-45(3,4)37-39-29-31-40(32-30-39)38-46(5,6)36-26-34-44-42(48)28-24-22-20-18-16-14-12-10-8-2/h29-32H,7-28,33-38H2,1-6H3/p+2. The molecule has 0 aliphatic heterocycles. The lowest BCUT2D eigenvalue weighted by Gasteiger charge is -2.31. The minimum absolute atomic E-state index is 0.217. The summed E-state index contributed by atoms with van der Waals surface area (Å²) in [6, 6.07) is 9.15. The highest BCUT2D eigenvalue weighted by molar-refractivity contribution is 5.76. The second kappa shape index (κ2) is 27.9. The van der Waals surface area contributed by atoms with Crippen LogP contribution in [0.1, 0.15) is 166 Å². The Morgan fingerprint density at radius 2 is 0.750 bits per heavy atom. The Morgan fingerprint density at radius 3 is 1.06 bits per heavy atom. The van der Waals surface area contributed by atoms with Gasteiger partial charge in [-0.15, -0.1) is 0 Å². The van der Waals surface area contributed by atoms with E-state index in [1.807, 2.05) is 0 Å². The van der Waals surface area contributed by atoms with E-state index in [1.165, 1.54) is 114 Å². The Bertz CT molecular complexity index is 853. The van der Waals surface area contributed by atoms with Gasteiger partial charge in [0.1, 0.15) is 13.1 Å². The third kappa shape index (κ3) is 26.0. The molecule has 0 unspecified atom stereocenters. The molecule has 0 spiro atoms. The average molecular weight is 673 g/mol. The fraction of sp³-hybridized carbons (Fsp3) is 0.810. The van der Waals surface area contributed by atoms with Crippen molar-refractivity contribution in [3.8, 4) is 0 Å². The zero-order valence-corrected chi connectivity index (χ0v) is 32.8. The highest BCUT2D eigenvalue weighted by Gasteiger charge is 2.18. The van der Waals surface area contributed by atoms with Crippen molar-refractivity contribution in [2.45, 2.75) is 168 Å². The highest BCUT2D eigenvalue weighted by Crippen LogP contribution is 2.16. The molecule has 1 rings (SSSR count). The van der Waals surface area contributed by atoms with Gasteiger partial charge in [0.05, 0.1) is 41.3 Å². The lowest BCUT2D eigenvalue weighted by molar-refractivity contribution is -0.904. The molecular formula is C42H80N4O2+2. The summed E-state index contributed by atoms with van der Waals surface area (Å²) in [5.41, 5.74) is 2.72. The number of nitrogens with one attached hydrogen (secondary N) is 2. The zero-order valence-electron chi connectivity index (χ0n) is 32.8. The Hall–Kier alpha value is -1.92. The molecular weight excluding hydrogens is 592 g/mol. The van der Waals surface area contributed by atoms with Crippen molar-refractivity contribution in [1.29, 1.82) is 0 Å². The number of carbonyl (C=O) groups excluding carboxylic acids is 2. The maximum Gasteiger partial charge on any atom is 0.219 e. The number of unbranched alkanes of at least 4 members (excludes halogenated alkanes) is 16. The first-order valence-corrected chi connectivity index (χ1v) is 20.3. The van der Waals surface area contributed by atoms with Gasteiger partial charge in [-0.25, -0.2) is 0 Å².